The van der Waals surface area contributed by atoms with E-state index in [9.17, 15) is 23.2 Å². The predicted molar refractivity (Wildman–Crippen MR) is 78.6 cm³/mol. The van der Waals surface area contributed by atoms with Crippen LogP contribution >= 0.6 is 19.2 Å². The Labute approximate surface area is 138 Å². The first-order chi connectivity index (χ1) is 11.0. The Bertz CT molecular complexity index is 770. The third-order valence-electron chi connectivity index (χ3n) is 3.39. The molecule has 9 nitrogen and oxygen atoms in total. The van der Waals surface area contributed by atoms with Crippen molar-refractivity contribution in [3.05, 3.63) is 34.4 Å². The zero-order valence-corrected chi connectivity index (χ0v) is 13.4. The molecule has 0 radical (unpaired) electrons. The predicted octanol–water partition coefficient (Wildman–Crippen LogP) is 0.0195. The first kappa shape index (κ1) is 19.0. The van der Waals surface area contributed by atoms with Crippen molar-refractivity contribution in [3.8, 4) is 0 Å². The number of rotatable bonds is 4. The summed E-state index contributed by atoms with van der Waals surface area (Å²) in [6.07, 6.45) is -4.84. The van der Waals surface area contributed by atoms with E-state index in [1.54, 1.807) is 0 Å². The molecule has 134 valence electrons. The highest BCUT2D eigenvalue weighted by molar-refractivity contribution is 7.56. The highest BCUT2D eigenvalue weighted by atomic mass is 35.5. The van der Waals surface area contributed by atoms with Gasteiger partial charge in [0.1, 0.15) is 17.5 Å². The number of nitrogens with zero attached hydrogens (tertiary/aromatic N) is 2. The second-order valence-electron chi connectivity index (χ2n) is 5.04. The Hall–Kier alpha value is -1.36. The van der Waals surface area contributed by atoms with Crippen molar-refractivity contribution >= 4 is 25.0 Å². The van der Waals surface area contributed by atoms with Crippen LogP contribution in [0.25, 0.3) is 0 Å². The van der Waals surface area contributed by atoms with Crippen LogP contribution in [-0.2, 0) is 9.30 Å². The van der Waals surface area contributed by atoms with Gasteiger partial charge in [-0.2, -0.15) is 9.37 Å². The molecule has 2 rings (SSSR count). The van der Waals surface area contributed by atoms with E-state index in [0.717, 1.165) is 12.3 Å². The van der Waals surface area contributed by atoms with Gasteiger partial charge in [0.05, 0.1) is 5.88 Å². The van der Waals surface area contributed by atoms with E-state index in [-0.39, 0.29) is 11.9 Å². The second kappa shape index (κ2) is 6.51. The summed E-state index contributed by atoms with van der Waals surface area (Å²) in [5, 5.41) is 9.99. The van der Waals surface area contributed by atoms with Gasteiger partial charge in [-0.1, -0.05) is 0 Å². The van der Waals surface area contributed by atoms with E-state index < -0.39 is 48.8 Å². The van der Waals surface area contributed by atoms with E-state index in [4.69, 9.17) is 31.9 Å². The lowest BCUT2D eigenvalue weighted by molar-refractivity contribution is -0.0616. The zero-order chi connectivity index (χ0) is 18.3. The van der Waals surface area contributed by atoms with Gasteiger partial charge in [0.25, 0.3) is 0 Å². The van der Waals surface area contributed by atoms with E-state index in [1.165, 1.54) is 0 Å². The van der Waals surface area contributed by atoms with Gasteiger partial charge in [-0.25, -0.2) is 9.18 Å². The van der Waals surface area contributed by atoms with Crippen LogP contribution in [0.4, 0.5) is 14.6 Å². The first-order valence-electron chi connectivity index (χ1n) is 6.37. The first-order valence-corrected chi connectivity index (χ1v) is 8.51. The molecule has 1 fully saturated rings. The van der Waals surface area contributed by atoms with Gasteiger partial charge in [-0.3, -0.25) is 9.13 Å². The van der Waals surface area contributed by atoms with Gasteiger partial charge in [-0.05, 0) is 12.1 Å². The van der Waals surface area contributed by atoms with E-state index >= 15 is 0 Å². The molecule has 0 unspecified atom stereocenters. The summed E-state index contributed by atoms with van der Waals surface area (Å²) in [4.78, 5) is 32.7. The minimum Gasteiger partial charge on any atom is -0.386 e. The van der Waals surface area contributed by atoms with Gasteiger partial charge < -0.3 is 25.4 Å². The Morgan fingerprint density at radius 2 is 2.25 bits per heavy atom. The minimum absolute atomic E-state index is 0.138. The number of aliphatic hydroxyl groups is 1. The smallest absolute Gasteiger partial charge is 0.384 e. The molecule has 1 saturated heterocycles. The fourth-order valence-corrected chi connectivity index (χ4v) is 2.85. The molecule has 0 amide bonds. The quantitative estimate of drug-likeness (QED) is 0.417. The van der Waals surface area contributed by atoms with E-state index in [0.29, 0.717) is 4.57 Å². The number of hydrogen-bond donors (Lipinski definition) is 4. The van der Waals surface area contributed by atoms with Crippen LogP contribution in [0.15, 0.2) is 28.7 Å². The standard InChI is InChI=1S/C11H13ClF2N3O6P/c12-4-11(3-5(13)24(20,21)22)8(18)7(14)9(23-11)17-2-1-6(15)16-10(17)19/h1-3,7-9,18H,4H2,(H2,15,16,19)(H2,20,21,22)/b5-3+/t7-,8+,9-,11+/m1/s1. The molecule has 0 saturated carbocycles. The Kier molecular flexibility index (Phi) is 5.14. The molecule has 5 N–H and O–H groups in total. The molecule has 0 aromatic carbocycles. The number of halogens is 3. The van der Waals surface area contributed by atoms with Gasteiger partial charge in [0, 0.05) is 6.20 Å². The van der Waals surface area contributed by atoms with Crippen LogP contribution in [0, 0.1) is 0 Å². The van der Waals surface area contributed by atoms with Crippen LogP contribution in [-0.4, -0.2) is 48.2 Å². The van der Waals surface area contributed by atoms with Crippen LogP contribution in [0.2, 0.25) is 0 Å². The summed E-state index contributed by atoms with van der Waals surface area (Å²) in [6.45, 7) is 0. The van der Waals surface area contributed by atoms with Crippen molar-refractivity contribution in [1.29, 1.82) is 0 Å². The molecule has 1 aliphatic rings. The SMILES string of the molecule is Nc1ccn([C@@H]2O[C@@](/C=C(\F)P(=O)(O)O)(CCl)[C@@H](O)[C@H]2F)c(=O)n1. The lowest BCUT2D eigenvalue weighted by atomic mass is 9.98. The van der Waals surface area contributed by atoms with Crippen molar-refractivity contribution in [2.45, 2.75) is 24.1 Å². The molecule has 4 atom stereocenters. The van der Waals surface area contributed by atoms with Crippen LogP contribution in [0.3, 0.4) is 0 Å². The fraction of sp³-hybridized carbons (Fsp3) is 0.455. The molecule has 24 heavy (non-hydrogen) atoms. The Balaban J connectivity index is 2.48. The maximum atomic E-state index is 14.4. The van der Waals surface area contributed by atoms with Gasteiger partial charge in [0.2, 0.25) is 5.57 Å². The number of hydrogen-bond acceptors (Lipinski definition) is 6. The summed E-state index contributed by atoms with van der Waals surface area (Å²) in [5.74, 6) is -0.878. The highest BCUT2D eigenvalue weighted by Gasteiger charge is 2.55. The van der Waals surface area contributed by atoms with E-state index in [1.807, 2.05) is 0 Å². The molecule has 0 spiro atoms. The molecule has 1 aromatic rings. The van der Waals surface area contributed by atoms with Crippen LogP contribution in [0.5, 0.6) is 0 Å². The van der Waals surface area contributed by atoms with Gasteiger partial charge >= 0.3 is 13.3 Å². The third kappa shape index (κ3) is 3.37. The van der Waals surface area contributed by atoms with Crippen molar-refractivity contribution in [1.82, 2.24) is 9.55 Å². The third-order valence-corrected chi connectivity index (χ3v) is 4.49. The van der Waals surface area contributed by atoms with Gasteiger partial charge in [0.15, 0.2) is 12.4 Å². The molecule has 2 heterocycles. The lowest BCUT2D eigenvalue weighted by Gasteiger charge is -2.26. The van der Waals surface area contributed by atoms with Crippen LogP contribution < -0.4 is 11.4 Å². The van der Waals surface area contributed by atoms with E-state index in [2.05, 4.69) is 4.98 Å². The number of nitrogen functional groups attached to an aromatic ring is 1. The second-order valence-corrected chi connectivity index (χ2v) is 6.82. The van der Waals surface area contributed by atoms with Crippen molar-refractivity contribution in [2.24, 2.45) is 0 Å². The number of anilines is 1. The molecular formula is C11H13ClF2N3O6P. The van der Waals surface area contributed by atoms with Crippen molar-refractivity contribution in [2.75, 3.05) is 11.6 Å². The number of aromatic nitrogens is 2. The molecule has 1 aliphatic heterocycles. The van der Waals surface area contributed by atoms with Crippen molar-refractivity contribution < 1.29 is 33.0 Å². The monoisotopic (exact) mass is 387 g/mol. The largest absolute Gasteiger partial charge is 0.386 e. The summed E-state index contributed by atoms with van der Waals surface area (Å²) >= 11 is 5.60. The topological polar surface area (TPSA) is 148 Å². The Morgan fingerprint density at radius 3 is 2.75 bits per heavy atom. The number of nitrogens with two attached hydrogens (primary N) is 1. The average Bonchev–Trinajstić information content (AvgIpc) is 2.72. The fourth-order valence-electron chi connectivity index (χ4n) is 2.17. The Morgan fingerprint density at radius 1 is 1.62 bits per heavy atom. The summed E-state index contributed by atoms with van der Waals surface area (Å²) in [6, 6.07) is 1.16. The molecule has 0 bridgehead atoms. The zero-order valence-electron chi connectivity index (χ0n) is 11.8. The van der Waals surface area contributed by atoms with Crippen LogP contribution in [0.1, 0.15) is 6.23 Å². The molecule has 13 heteroatoms. The molecule has 1 aromatic heterocycles. The van der Waals surface area contributed by atoms with Crippen molar-refractivity contribution in [3.63, 3.8) is 0 Å². The molecule has 0 aliphatic carbocycles. The number of alkyl halides is 2. The van der Waals surface area contributed by atoms with Gasteiger partial charge in [-0.15, -0.1) is 11.6 Å². The minimum atomic E-state index is -5.29. The summed E-state index contributed by atoms with van der Waals surface area (Å²) in [7, 11) is -5.29. The molecular weight excluding hydrogens is 375 g/mol. The maximum Gasteiger partial charge on any atom is 0.384 e. The normalized spacial score (nSPS) is 31.4. The number of ether oxygens (including phenoxy) is 1. The number of aliphatic hydroxyl groups excluding tert-OH is 1. The maximum absolute atomic E-state index is 14.4. The summed E-state index contributed by atoms with van der Waals surface area (Å²) in [5.41, 5.74) is 0.0654. The lowest BCUT2D eigenvalue weighted by Crippen LogP contribution is -2.42. The highest BCUT2D eigenvalue weighted by Crippen LogP contribution is 2.49. The summed E-state index contributed by atoms with van der Waals surface area (Å²) < 4.78 is 44.7. The average molecular weight is 388 g/mol.